The first-order chi connectivity index (χ1) is 17.8. The van der Waals surface area contributed by atoms with Crippen LogP contribution in [0.2, 0.25) is 0 Å². The van der Waals surface area contributed by atoms with Gasteiger partial charge in [-0.1, -0.05) is 25.3 Å². The fourth-order valence-corrected chi connectivity index (χ4v) is 6.37. The minimum atomic E-state index is -3.72. The summed E-state index contributed by atoms with van der Waals surface area (Å²) in [4.78, 5) is 43.3. The molecular weight excluding hydrogens is 508 g/mol. The summed E-state index contributed by atoms with van der Waals surface area (Å²) >= 11 is 0. The molecule has 0 radical (unpaired) electrons. The maximum atomic E-state index is 13.6. The van der Waals surface area contributed by atoms with Crippen LogP contribution < -0.4 is 20.9 Å². The lowest BCUT2D eigenvalue weighted by Crippen LogP contribution is -2.47. The van der Waals surface area contributed by atoms with Gasteiger partial charge in [-0.25, -0.2) is 18.0 Å². The Morgan fingerprint density at radius 1 is 1.18 bits per heavy atom. The zero-order chi connectivity index (χ0) is 28.1. The molecule has 12 heteroatoms. The number of aliphatic imine (C=N–C) groups is 1. The third-order valence-corrected chi connectivity index (χ3v) is 8.10. The monoisotopic (exact) mass is 548 g/mol. The summed E-state index contributed by atoms with van der Waals surface area (Å²) < 4.78 is 29.6. The Morgan fingerprint density at radius 3 is 2.50 bits per heavy atom. The highest BCUT2D eigenvalue weighted by Crippen LogP contribution is 2.26. The third kappa shape index (κ3) is 7.68. The van der Waals surface area contributed by atoms with Gasteiger partial charge >= 0.3 is 0 Å². The van der Waals surface area contributed by atoms with Gasteiger partial charge in [-0.05, 0) is 65.5 Å². The normalized spacial score (nSPS) is 19.8. The SMILES string of the molecule is Cc1ccc(NS(=O)(=O)CC2CCCCC2)c(=O)n1C1=NC(=CCC(=O)NC(C)(C)C)C(C)N1CNC=O. The number of pyridine rings is 1. The molecule has 0 spiro atoms. The second kappa shape index (κ2) is 12.1. The number of aromatic nitrogens is 1. The molecule has 0 saturated heterocycles. The van der Waals surface area contributed by atoms with E-state index in [1.807, 2.05) is 27.7 Å². The fraction of sp³-hybridized carbons (Fsp3) is 0.615. The van der Waals surface area contributed by atoms with E-state index in [-0.39, 0.29) is 53.9 Å². The molecule has 1 aliphatic heterocycles. The number of rotatable bonds is 9. The van der Waals surface area contributed by atoms with Gasteiger partial charge in [0.25, 0.3) is 5.56 Å². The van der Waals surface area contributed by atoms with Gasteiger partial charge in [-0.15, -0.1) is 0 Å². The molecule has 1 atom stereocenters. The molecule has 11 nitrogen and oxygen atoms in total. The van der Waals surface area contributed by atoms with Crippen LogP contribution in [0.25, 0.3) is 0 Å². The highest BCUT2D eigenvalue weighted by atomic mass is 32.2. The maximum absolute atomic E-state index is 13.6. The molecule has 2 heterocycles. The average molecular weight is 549 g/mol. The minimum absolute atomic E-state index is 0.0167. The lowest BCUT2D eigenvalue weighted by atomic mass is 9.91. The Kier molecular flexibility index (Phi) is 9.40. The smallest absolute Gasteiger partial charge is 0.281 e. The Morgan fingerprint density at radius 2 is 1.87 bits per heavy atom. The van der Waals surface area contributed by atoms with Crippen LogP contribution in [0, 0.1) is 12.8 Å². The highest BCUT2D eigenvalue weighted by Gasteiger charge is 2.32. The first-order valence-electron chi connectivity index (χ1n) is 13.1. The minimum Gasteiger partial charge on any atom is -0.351 e. The van der Waals surface area contributed by atoms with E-state index in [1.54, 1.807) is 24.0 Å². The molecule has 210 valence electrons. The predicted molar refractivity (Wildman–Crippen MR) is 148 cm³/mol. The van der Waals surface area contributed by atoms with E-state index in [1.165, 1.54) is 10.6 Å². The molecule has 38 heavy (non-hydrogen) atoms. The Bertz CT molecular complexity index is 1260. The first-order valence-corrected chi connectivity index (χ1v) is 14.7. The van der Waals surface area contributed by atoms with Gasteiger partial charge in [0.1, 0.15) is 5.69 Å². The second-order valence-corrected chi connectivity index (χ2v) is 12.9. The number of hydrogen-bond acceptors (Lipinski definition) is 7. The van der Waals surface area contributed by atoms with Crippen LogP contribution in [0.5, 0.6) is 0 Å². The number of hydrogen-bond donors (Lipinski definition) is 3. The van der Waals surface area contributed by atoms with E-state index in [2.05, 4.69) is 20.3 Å². The van der Waals surface area contributed by atoms with Crippen LogP contribution >= 0.6 is 0 Å². The van der Waals surface area contributed by atoms with Gasteiger partial charge in [0.05, 0.1) is 24.2 Å². The molecule has 1 aromatic heterocycles. The molecule has 2 amide bonds. The zero-order valence-electron chi connectivity index (χ0n) is 22.9. The molecule has 3 rings (SSSR count). The van der Waals surface area contributed by atoms with Crippen molar-refractivity contribution in [2.75, 3.05) is 17.1 Å². The number of carbonyl (C=O) groups is 2. The summed E-state index contributed by atoms with van der Waals surface area (Å²) in [5.41, 5.74) is 0.101. The van der Waals surface area contributed by atoms with Crippen molar-refractivity contribution in [1.82, 2.24) is 20.1 Å². The van der Waals surface area contributed by atoms with Gasteiger partial charge < -0.3 is 15.5 Å². The van der Waals surface area contributed by atoms with Crippen LogP contribution in [0.3, 0.4) is 0 Å². The summed E-state index contributed by atoms with van der Waals surface area (Å²) in [6, 6.07) is 2.77. The number of anilines is 1. The van der Waals surface area contributed by atoms with Gasteiger partial charge in [0.2, 0.25) is 28.3 Å². The van der Waals surface area contributed by atoms with Crippen molar-refractivity contribution in [2.45, 2.75) is 84.7 Å². The molecular formula is C26H40N6O5S. The highest BCUT2D eigenvalue weighted by molar-refractivity contribution is 7.92. The van der Waals surface area contributed by atoms with Crippen molar-refractivity contribution in [1.29, 1.82) is 0 Å². The van der Waals surface area contributed by atoms with E-state index in [9.17, 15) is 22.8 Å². The van der Waals surface area contributed by atoms with Crippen molar-refractivity contribution in [3.8, 4) is 0 Å². The van der Waals surface area contributed by atoms with Crippen molar-refractivity contribution in [2.24, 2.45) is 10.9 Å². The lowest BCUT2D eigenvalue weighted by molar-refractivity contribution is -0.121. The lowest BCUT2D eigenvalue weighted by Gasteiger charge is -2.26. The van der Waals surface area contributed by atoms with Crippen LogP contribution in [-0.2, 0) is 19.6 Å². The quantitative estimate of drug-likeness (QED) is 0.404. The molecule has 2 aliphatic rings. The molecule has 1 aliphatic carbocycles. The topological polar surface area (TPSA) is 142 Å². The maximum Gasteiger partial charge on any atom is 0.281 e. The summed E-state index contributed by atoms with van der Waals surface area (Å²) in [6.45, 7) is 9.32. The summed E-state index contributed by atoms with van der Waals surface area (Å²) in [6.07, 6.45) is 7.25. The van der Waals surface area contributed by atoms with Crippen LogP contribution in [0.4, 0.5) is 5.69 Å². The first kappa shape index (κ1) is 29.4. The van der Waals surface area contributed by atoms with E-state index in [0.717, 1.165) is 32.1 Å². The largest absolute Gasteiger partial charge is 0.351 e. The molecule has 1 unspecified atom stereocenters. The molecule has 1 aromatic rings. The molecule has 1 fully saturated rings. The van der Waals surface area contributed by atoms with Crippen LogP contribution in [0.15, 0.2) is 33.7 Å². The number of amides is 2. The fourth-order valence-electron chi connectivity index (χ4n) is 4.84. The van der Waals surface area contributed by atoms with Gasteiger partial charge in [0, 0.05) is 17.7 Å². The summed E-state index contributed by atoms with van der Waals surface area (Å²) in [5, 5.41) is 5.50. The predicted octanol–water partition coefficient (Wildman–Crippen LogP) is 2.28. The third-order valence-electron chi connectivity index (χ3n) is 6.66. The summed E-state index contributed by atoms with van der Waals surface area (Å²) in [5.74, 6) is 0.144. The van der Waals surface area contributed by atoms with Gasteiger partial charge in [-0.3, -0.25) is 19.1 Å². The zero-order valence-corrected chi connectivity index (χ0v) is 23.7. The Labute approximate surface area is 224 Å². The van der Waals surface area contributed by atoms with Crippen molar-refractivity contribution >= 4 is 34.0 Å². The van der Waals surface area contributed by atoms with Crippen molar-refractivity contribution in [3.63, 3.8) is 0 Å². The van der Waals surface area contributed by atoms with E-state index >= 15 is 0 Å². The van der Waals surface area contributed by atoms with E-state index < -0.39 is 15.6 Å². The van der Waals surface area contributed by atoms with Crippen molar-refractivity contribution < 1.29 is 18.0 Å². The van der Waals surface area contributed by atoms with Gasteiger partial charge in [0.15, 0.2) is 0 Å². The van der Waals surface area contributed by atoms with E-state index in [4.69, 9.17) is 0 Å². The summed E-state index contributed by atoms with van der Waals surface area (Å²) in [7, 11) is -3.72. The van der Waals surface area contributed by atoms with Crippen LogP contribution in [0.1, 0.15) is 71.9 Å². The number of aryl methyl sites for hydroxylation is 1. The number of nitrogens with zero attached hydrogens (tertiary/aromatic N) is 3. The Balaban J connectivity index is 1.93. The molecule has 3 N–H and O–H groups in total. The number of carbonyl (C=O) groups excluding carboxylic acids is 2. The number of nitrogens with one attached hydrogen (secondary N) is 3. The number of sulfonamides is 1. The molecule has 1 saturated carbocycles. The average Bonchev–Trinajstić information content (AvgIpc) is 3.12. The molecule has 0 bridgehead atoms. The molecule has 0 aromatic carbocycles. The Hall–Kier alpha value is -3.15. The van der Waals surface area contributed by atoms with Gasteiger partial charge in [-0.2, -0.15) is 0 Å². The van der Waals surface area contributed by atoms with Crippen LogP contribution in [-0.4, -0.2) is 60.2 Å². The van der Waals surface area contributed by atoms with Crippen molar-refractivity contribution in [3.05, 3.63) is 40.0 Å². The standard InChI is InChI=1S/C26H40N6O5S/c1-18-11-12-22(30-38(36,37)15-20-9-7-6-8-10-20)24(35)32(18)25-28-21(19(2)31(25)16-27-17-33)13-14-23(34)29-26(3,4)5/h11-13,17,19-20,30H,6-10,14-16H2,1-5H3,(H,27,33)(H,29,34). The van der Waals surface area contributed by atoms with E-state index in [0.29, 0.717) is 17.8 Å². The second-order valence-electron chi connectivity index (χ2n) is 11.1.